The Bertz CT molecular complexity index is 311. The molecule has 1 N–H and O–H groups in total. The van der Waals surface area contributed by atoms with Crippen LogP contribution in [0.15, 0.2) is 24.3 Å². The van der Waals surface area contributed by atoms with Gasteiger partial charge in [-0.15, -0.1) is 0 Å². The first-order valence-electron chi connectivity index (χ1n) is 6.31. The molecule has 1 rings (SSSR count). The third kappa shape index (κ3) is 3.08. The highest BCUT2D eigenvalue weighted by molar-refractivity contribution is 5.25. The number of benzene rings is 1. The lowest BCUT2D eigenvalue weighted by molar-refractivity contribution is 0.237. The number of hydrogen-bond acceptors (Lipinski definition) is 1. The Morgan fingerprint density at radius 2 is 1.69 bits per heavy atom. The molecule has 90 valence electrons. The van der Waals surface area contributed by atoms with Gasteiger partial charge in [-0.3, -0.25) is 0 Å². The van der Waals surface area contributed by atoms with Gasteiger partial charge < -0.3 is 5.32 Å². The Balaban J connectivity index is 2.97. The Labute approximate surface area is 100 Å². The molecule has 1 heteroatoms. The summed E-state index contributed by atoms with van der Waals surface area (Å²) in [5, 5.41) is 3.61. The second-order valence-electron chi connectivity index (χ2n) is 5.24. The van der Waals surface area contributed by atoms with Crippen LogP contribution in [0.5, 0.6) is 0 Å². The maximum atomic E-state index is 3.61. The van der Waals surface area contributed by atoms with Gasteiger partial charge in [-0.05, 0) is 30.9 Å². The smallest absolute Gasteiger partial charge is 0.0371 e. The van der Waals surface area contributed by atoms with Gasteiger partial charge in [0.05, 0.1) is 0 Å². The standard InChI is InChI=1S/C15H25N/c1-6-15(4,5)14(16-7-2)13-10-8-12(3)9-11-13/h8-11,14,16H,6-7H2,1-5H3. The Morgan fingerprint density at radius 1 is 1.12 bits per heavy atom. The van der Waals surface area contributed by atoms with E-state index in [1.165, 1.54) is 17.5 Å². The summed E-state index contributed by atoms with van der Waals surface area (Å²) in [6.07, 6.45) is 1.18. The van der Waals surface area contributed by atoms with Gasteiger partial charge >= 0.3 is 0 Å². The van der Waals surface area contributed by atoms with Crippen molar-refractivity contribution in [3.05, 3.63) is 35.4 Å². The number of rotatable bonds is 5. The number of hydrogen-bond donors (Lipinski definition) is 1. The molecule has 0 radical (unpaired) electrons. The molecule has 0 aliphatic carbocycles. The van der Waals surface area contributed by atoms with Gasteiger partial charge in [0.2, 0.25) is 0 Å². The van der Waals surface area contributed by atoms with Gasteiger partial charge in [0.15, 0.2) is 0 Å². The zero-order chi connectivity index (χ0) is 12.2. The third-order valence-corrected chi connectivity index (χ3v) is 3.51. The first kappa shape index (κ1) is 13.2. The summed E-state index contributed by atoms with van der Waals surface area (Å²) in [6.45, 7) is 12.3. The minimum absolute atomic E-state index is 0.297. The molecule has 1 nitrogen and oxygen atoms in total. The van der Waals surface area contributed by atoms with Gasteiger partial charge in [-0.2, -0.15) is 0 Å². The topological polar surface area (TPSA) is 12.0 Å². The summed E-state index contributed by atoms with van der Waals surface area (Å²) < 4.78 is 0. The number of aryl methyl sites for hydroxylation is 1. The van der Waals surface area contributed by atoms with E-state index >= 15 is 0 Å². The molecule has 0 aromatic heterocycles. The van der Waals surface area contributed by atoms with Crippen molar-refractivity contribution in [1.82, 2.24) is 5.32 Å². The lowest BCUT2D eigenvalue weighted by Gasteiger charge is -2.34. The summed E-state index contributed by atoms with van der Waals surface area (Å²) in [7, 11) is 0. The molecule has 1 aromatic carbocycles. The average Bonchev–Trinajstić information content (AvgIpc) is 2.27. The molecule has 0 spiro atoms. The number of nitrogens with one attached hydrogen (secondary N) is 1. The molecule has 16 heavy (non-hydrogen) atoms. The molecule has 0 heterocycles. The molecule has 0 fully saturated rings. The Hall–Kier alpha value is -0.820. The molecular weight excluding hydrogens is 194 g/mol. The predicted molar refractivity (Wildman–Crippen MR) is 71.7 cm³/mol. The van der Waals surface area contributed by atoms with E-state index in [2.05, 4.69) is 64.2 Å². The zero-order valence-electron chi connectivity index (χ0n) is 11.3. The molecule has 0 aliphatic heterocycles. The molecular formula is C15H25N. The quantitative estimate of drug-likeness (QED) is 0.786. The van der Waals surface area contributed by atoms with Crippen molar-refractivity contribution >= 4 is 0 Å². The monoisotopic (exact) mass is 219 g/mol. The average molecular weight is 219 g/mol. The largest absolute Gasteiger partial charge is 0.310 e. The van der Waals surface area contributed by atoms with Crippen molar-refractivity contribution in [2.24, 2.45) is 5.41 Å². The normalized spacial score (nSPS) is 13.8. The van der Waals surface area contributed by atoms with Crippen LogP contribution in [0.25, 0.3) is 0 Å². The molecule has 0 amide bonds. The van der Waals surface area contributed by atoms with Gasteiger partial charge in [0.25, 0.3) is 0 Å². The molecule has 1 atom stereocenters. The summed E-state index contributed by atoms with van der Waals surface area (Å²) >= 11 is 0. The van der Waals surface area contributed by atoms with E-state index in [4.69, 9.17) is 0 Å². The fourth-order valence-electron chi connectivity index (χ4n) is 2.01. The van der Waals surface area contributed by atoms with Crippen LogP contribution in [0.2, 0.25) is 0 Å². The van der Waals surface area contributed by atoms with E-state index in [-0.39, 0.29) is 0 Å². The van der Waals surface area contributed by atoms with Crippen LogP contribution in [0.4, 0.5) is 0 Å². The van der Waals surface area contributed by atoms with Crippen LogP contribution in [0, 0.1) is 12.3 Å². The van der Waals surface area contributed by atoms with Crippen molar-refractivity contribution in [1.29, 1.82) is 0 Å². The second-order valence-corrected chi connectivity index (χ2v) is 5.24. The lowest BCUT2D eigenvalue weighted by atomic mass is 9.78. The summed E-state index contributed by atoms with van der Waals surface area (Å²) in [5.41, 5.74) is 3.03. The first-order chi connectivity index (χ1) is 7.51. The van der Waals surface area contributed by atoms with Crippen molar-refractivity contribution in [3.63, 3.8) is 0 Å². The van der Waals surface area contributed by atoms with Gasteiger partial charge in [-0.1, -0.05) is 57.5 Å². The van der Waals surface area contributed by atoms with Gasteiger partial charge in [0, 0.05) is 6.04 Å². The van der Waals surface area contributed by atoms with Crippen molar-refractivity contribution in [2.45, 2.75) is 47.1 Å². The van der Waals surface area contributed by atoms with Crippen LogP contribution in [-0.2, 0) is 0 Å². The SMILES string of the molecule is CCNC(c1ccc(C)cc1)C(C)(C)CC. The van der Waals surface area contributed by atoms with E-state index < -0.39 is 0 Å². The summed E-state index contributed by atoms with van der Waals surface area (Å²) in [6, 6.07) is 9.35. The molecule has 0 bridgehead atoms. The molecule has 1 unspecified atom stereocenters. The predicted octanol–water partition coefficient (Wildman–Crippen LogP) is 4.08. The lowest BCUT2D eigenvalue weighted by Crippen LogP contribution is -2.33. The molecule has 0 saturated carbocycles. The van der Waals surface area contributed by atoms with Crippen LogP contribution in [0.3, 0.4) is 0 Å². The van der Waals surface area contributed by atoms with E-state index in [0.29, 0.717) is 11.5 Å². The van der Waals surface area contributed by atoms with Crippen LogP contribution < -0.4 is 5.32 Å². The van der Waals surface area contributed by atoms with Crippen LogP contribution >= 0.6 is 0 Å². The fraction of sp³-hybridized carbons (Fsp3) is 0.600. The zero-order valence-corrected chi connectivity index (χ0v) is 11.3. The highest BCUT2D eigenvalue weighted by Crippen LogP contribution is 2.36. The van der Waals surface area contributed by atoms with E-state index in [0.717, 1.165) is 6.54 Å². The first-order valence-corrected chi connectivity index (χ1v) is 6.31. The fourth-order valence-corrected chi connectivity index (χ4v) is 2.01. The molecule has 1 aromatic rings. The second kappa shape index (κ2) is 5.49. The third-order valence-electron chi connectivity index (χ3n) is 3.51. The van der Waals surface area contributed by atoms with E-state index in [1.54, 1.807) is 0 Å². The summed E-state index contributed by atoms with van der Waals surface area (Å²) in [4.78, 5) is 0. The Morgan fingerprint density at radius 3 is 2.12 bits per heavy atom. The van der Waals surface area contributed by atoms with Crippen LogP contribution in [-0.4, -0.2) is 6.54 Å². The van der Waals surface area contributed by atoms with Crippen molar-refractivity contribution in [3.8, 4) is 0 Å². The maximum Gasteiger partial charge on any atom is 0.0371 e. The Kier molecular flexibility index (Phi) is 4.55. The molecule has 0 saturated heterocycles. The highest BCUT2D eigenvalue weighted by Gasteiger charge is 2.28. The maximum absolute atomic E-state index is 3.61. The highest BCUT2D eigenvalue weighted by atomic mass is 14.9. The minimum atomic E-state index is 0.297. The van der Waals surface area contributed by atoms with E-state index in [1.807, 2.05) is 0 Å². The van der Waals surface area contributed by atoms with Crippen molar-refractivity contribution in [2.75, 3.05) is 6.54 Å². The summed E-state index contributed by atoms with van der Waals surface area (Å²) in [5.74, 6) is 0. The van der Waals surface area contributed by atoms with Gasteiger partial charge in [0.1, 0.15) is 0 Å². The van der Waals surface area contributed by atoms with Crippen LogP contribution in [0.1, 0.15) is 51.3 Å². The van der Waals surface area contributed by atoms with Gasteiger partial charge in [-0.25, -0.2) is 0 Å². The minimum Gasteiger partial charge on any atom is -0.310 e. The van der Waals surface area contributed by atoms with E-state index in [9.17, 15) is 0 Å². The van der Waals surface area contributed by atoms with Crippen molar-refractivity contribution < 1.29 is 0 Å². The molecule has 0 aliphatic rings.